The molecule has 0 unspecified atom stereocenters. The first-order valence-electron chi connectivity index (χ1n) is 11.5. The molecule has 35 heavy (non-hydrogen) atoms. The Hall–Kier alpha value is -3.92. The molecule has 0 saturated carbocycles. The fourth-order valence-electron chi connectivity index (χ4n) is 4.54. The zero-order chi connectivity index (χ0) is 24.7. The van der Waals surface area contributed by atoms with E-state index in [0.717, 1.165) is 13.1 Å². The molecule has 2 amide bonds. The fraction of sp³-hybridized carbons (Fsp3) is 0.320. The quantitative estimate of drug-likeness (QED) is 0.558. The number of benzene rings is 2. The predicted octanol–water partition coefficient (Wildman–Crippen LogP) is 1.92. The number of hydrazine groups is 1. The molecule has 0 radical (unpaired) electrons. The topological polar surface area (TPSA) is 95.9 Å². The molecule has 2 N–H and O–H groups in total. The number of rotatable bonds is 3. The molecule has 0 spiro atoms. The summed E-state index contributed by atoms with van der Waals surface area (Å²) >= 11 is 0. The second-order valence-electron chi connectivity index (χ2n) is 8.94. The first-order valence-corrected chi connectivity index (χ1v) is 11.5. The molecule has 3 heterocycles. The summed E-state index contributed by atoms with van der Waals surface area (Å²) in [7, 11) is 2.02. The summed E-state index contributed by atoms with van der Waals surface area (Å²) in [6, 6.07) is 9.35. The molecule has 9 nitrogen and oxygen atoms in total. The summed E-state index contributed by atoms with van der Waals surface area (Å²) in [6.07, 6.45) is 1.46. The van der Waals surface area contributed by atoms with Crippen molar-refractivity contribution in [3.8, 4) is 5.75 Å². The van der Waals surface area contributed by atoms with Crippen LogP contribution in [0.2, 0.25) is 0 Å². The number of carbonyl (C=O) groups is 2. The van der Waals surface area contributed by atoms with Crippen LogP contribution in [0.3, 0.4) is 0 Å². The maximum atomic E-state index is 15.4. The van der Waals surface area contributed by atoms with Crippen LogP contribution in [0.5, 0.6) is 5.75 Å². The number of ether oxygens (including phenoxy) is 1. The summed E-state index contributed by atoms with van der Waals surface area (Å²) in [4.78, 5) is 42.5. The minimum absolute atomic E-state index is 0.0592. The van der Waals surface area contributed by atoms with Gasteiger partial charge in [-0.25, -0.2) is 4.39 Å². The van der Waals surface area contributed by atoms with Crippen molar-refractivity contribution in [3.05, 3.63) is 69.8 Å². The molecule has 182 valence electrons. The highest BCUT2D eigenvalue weighted by Crippen LogP contribution is 2.42. The van der Waals surface area contributed by atoms with E-state index in [1.165, 1.54) is 12.3 Å². The van der Waals surface area contributed by atoms with Crippen LogP contribution in [0.1, 0.15) is 33.7 Å². The van der Waals surface area contributed by atoms with E-state index in [1.54, 1.807) is 34.9 Å². The van der Waals surface area contributed by atoms with Gasteiger partial charge in [-0.3, -0.25) is 25.2 Å². The summed E-state index contributed by atoms with van der Waals surface area (Å²) < 4.78 is 23.2. The smallest absolute Gasteiger partial charge is 0.275 e. The van der Waals surface area contributed by atoms with Gasteiger partial charge < -0.3 is 19.1 Å². The molecule has 1 aromatic heterocycles. The van der Waals surface area contributed by atoms with Gasteiger partial charge in [0, 0.05) is 37.9 Å². The Morgan fingerprint density at radius 2 is 1.74 bits per heavy atom. The number of carbonyl (C=O) groups excluding carboxylic acids is 2. The number of aromatic nitrogens is 1. The standard InChI is InChI=1S/C25H26FN5O4/c1-15-14-35-23-20-17(12-19(26)21(23)30-10-8-29(2)9-11-30)22(32)18(13-31(15)20)25(34)28-27-24(33)16-6-4-3-5-7-16/h3-7,12-13,15H,8-11,14H2,1-2H3,(H,27,33)(H,28,34)/t15-/m0/s1. The highest BCUT2D eigenvalue weighted by molar-refractivity contribution is 6.02. The number of amides is 2. The van der Waals surface area contributed by atoms with Crippen LogP contribution in [0.4, 0.5) is 10.1 Å². The molecule has 1 fully saturated rings. The number of piperazine rings is 1. The average molecular weight is 480 g/mol. The second kappa shape index (κ2) is 9.03. The van der Waals surface area contributed by atoms with Crippen molar-refractivity contribution in [2.45, 2.75) is 13.0 Å². The molecule has 2 aromatic carbocycles. The van der Waals surface area contributed by atoms with Gasteiger partial charge in [0.05, 0.1) is 16.9 Å². The van der Waals surface area contributed by atoms with E-state index in [0.29, 0.717) is 35.6 Å². The third-order valence-electron chi connectivity index (χ3n) is 6.53. The zero-order valence-corrected chi connectivity index (χ0v) is 19.5. The molecule has 2 aliphatic heterocycles. The Kier molecular flexibility index (Phi) is 5.89. The maximum Gasteiger partial charge on any atom is 0.275 e. The van der Waals surface area contributed by atoms with Gasteiger partial charge in [0.2, 0.25) is 5.43 Å². The lowest BCUT2D eigenvalue weighted by Crippen LogP contribution is -2.45. The predicted molar refractivity (Wildman–Crippen MR) is 129 cm³/mol. The molecule has 5 rings (SSSR count). The summed E-state index contributed by atoms with van der Waals surface area (Å²) in [5, 5.41) is 0.0592. The normalized spacial score (nSPS) is 17.7. The minimum Gasteiger partial charge on any atom is -0.487 e. The average Bonchev–Trinajstić information content (AvgIpc) is 2.87. The van der Waals surface area contributed by atoms with Gasteiger partial charge in [0.25, 0.3) is 11.8 Å². The van der Waals surface area contributed by atoms with Crippen molar-refractivity contribution in [2.24, 2.45) is 0 Å². The second-order valence-corrected chi connectivity index (χ2v) is 8.94. The number of anilines is 1. The number of pyridine rings is 1. The van der Waals surface area contributed by atoms with Gasteiger partial charge in [0.1, 0.15) is 17.9 Å². The number of hydrogen-bond donors (Lipinski definition) is 2. The van der Waals surface area contributed by atoms with Crippen molar-refractivity contribution in [2.75, 3.05) is 44.7 Å². The summed E-state index contributed by atoms with van der Waals surface area (Å²) in [5.74, 6) is -1.55. The highest BCUT2D eigenvalue weighted by atomic mass is 19.1. The van der Waals surface area contributed by atoms with Gasteiger partial charge in [-0.1, -0.05) is 18.2 Å². The molecular formula is C25H26FN5O4. The number of nitrogens with one attached hydrogen (secondary N) is 2. The lowest BCUT2D eigenvalue weighted by molar-refractivity contribution is 0.0845. The van der Waals surface area contributed by atoms with E-state index in [-0.39, 0.29) is 23.6 Å². The van der Waals surface area contributed by atoms with Crippen molar-refractivity contribution in [1.29, 1.82) is 0 Å². The van der Waals surface area contributed by atoms with Crippen LogP contribution in [-0.2, 0) is 0 Å². The van der Waals surface area contributed by atoms with E-state index in [2.05, 4.69) is 15.8 Å². The monoisotopic (exact) mass is 479 g/mol. The van der Waals surface area contributed by atoms with E-state index >= 15 is 4.39 Å². The van der Waals surface area contributed by atoms with E-state index < -0.39 is 23.1 Å². The largest absolute Gasteiger partial charge is 0.487 e. The Balaban J connectivity index is 1.52. The number of likely N-dealkylation sites (N-methyl/N-ethyl adjacent to an activating group) is 1. The Labute approximate surface area is 201 Å². The van der Waals surface area contributed by atoms with Gasteiger partial charge in [-0.2, -0.15) is 0 Å². The lowest BCUT2D eigenvalue weighted by Gasteiger charge is -2.37. The summed E-state index contributed by atoms with van der Waals surface area (Å²) in [5.41, 5.74) is 4.95. The highest BCUT2D eigenvalue weighted by Gasteiger charge is 2.31. The molecule has 0 bridgehead atoms. The molecule has 2 aliphatic rings. The number of halogens is 1. The minimum atomic E-state index is -0.784. The Morgan fingerprint density at radius 3 is 2.46 bits per heavy atom. The SMILES string of the molecule is C[C@H]1COc2c(N3CCN(C)CC3)c(F)cc3c(=O)c(C(=O)NNC(=O)c4ccccc4)cn1c23. The van der Waals surface area contributed by atoms with E-state index in [1.807, 2.05) is 18.9 Å². The summed E-state index contributed by atoms with van der Waals surface area (Å²) in [6.45, 7) is 5.00. The van der Waals surface area contributed by atoms with Crippen molar-refractivity contribution >= 4 is 28.4 Å². The van der Waals surface area contributed by atoms with Crippen LogP contribution in [-0.4, -0.2) is 61.1 Å². The molecule has 1 saturated heterocycles. The lowest BCUT2D eigenvalue weighted by atomic mass is 10.0. The van der Waals surface area contributed by atoms with Gasteiger partial charge in [0.15, 0.2) is 11.6 Å². The molecule has 1 atom stereocenters. The van der Waals surface area contributed by atoms with E-state index in [4.69, 9.17) is 4.74 Å². The van der Waals surface area contributed by atoms with Crippen molar-refractivity contribution in [1.82, 2.24) is 20.3 Å². The Morgan fingerprint density at radius 1 is 1.06 bits per heavy atom. The van der Waals surface area contributed by atoms with Crippen LogP contribution in [0.25, 0.3) is 10.9 Å². The van der Waals surface area contributed by atoms with Crippen LogP contribution >= 0.6 is 0 Å². The van der Waals surface area contributed by atoms with Gasteiger partial charge in [-0.15, -0.1) is 0 Å². The molecular weight excluding hydrogens is 453 g/mol. The molecule has 3 aromatic rings. The van der Waals surface area contributed by atoms with Crippen LogP contribution < -0.4 is 25.9 Å². The third-order valence-corrected chi connectivity index (χ3v) is 6.53. The van der Waals surface area contributed by atoms with Crippen LogP contribution in [0, 0.1) is 5.82 Å². The van der Waals surface area contributed by atoms with Crippen molar-refractivity contribution in [3.63, 3.8) is 0 Å². The first kappa shape index (κ1) is 22.9. The van der Waals surface area contributed by atoms with Gasteiger partial charge in [-0.05, 0) is 32.2 Å². The molecule has 10 heteroatoms. The fourth-order valence-corrected chi connectivity index (χ4v) is 4.54. The number of hydrogen-bond acceptors (Lipinski definition) is 6. The third kappa shape index (κ3) is 4.10. The van der Waals surface area contributed by atoms with Gasteiger partial charge >= 0.3 is 0 Å². The van der Waals surface area contributed by atoms with Crippen LogP contribution in [0.15, 0.2) is 47.4 Å². The maximum absolute atomic E-state index is 15.4. The first-order chi connectivity index (χ1) is 16.8. The number of nitrogens with zero attached hydrogens (tertiary/aromatic N) is 3. The Bertz CT molecular complexity index is 1370. The zero-order valence-electron chi connectivity index (χ0n) is 19.5. The molecule has 0 aliphatic carbocycles. The van der Waals surface area contributed by atoms with E-state index in [9.17, 15) is 14.4 Å². The van der Waals surface area contributed by atoms with Crippen molar-refractivity contribution < 1.29 is 18.7 Å².